The first-order valence-electron chi connectivity index (χ1n) is 7.59. The summed E-state index contributed by atoms with van der Waals surface area (Å²) in [6.07, 6.45) is 2.17. The van der Waals surface area contributed by atoms with Crippen LogP contribution >= 0.6 is 0 Å². The van der Waals surface area contributed by atoms with Gasteiger partial charge in [-0.1, -0.05) is 48.5 Å². The van der Waals surface area contributed by atoms with E-state index in [2.05, 4.69) is 53.4 Å². The summed E-state index contributed by atoms with van der Waals surface area (Å²) >= 11 is 0. The lowest BCUT2D eigenvalue weighted by atomic mass is 10.0. The minimum absolute atomic E-state index is 0.157. The van der Waals surface area contributed by atoms with Gasteiger partial charge in [-0.2, -0.15) is 0 Å². The Labute approximate surface area is 125 Å². The van der Waals surface area contributed by atoms with Crippen LogP contribution in [0.5, 0.6) is 0 Å². The number of fused-ring (bicyclic) bond motifs is 3. The van der Waals surface area contributed by atoms with Crippen molar-refractivity contribution >= 4 is 11.4 Å². The van der Waals surface area contributed by atoms with Gasteiger partial charge in [0.15, 0.2) is 0 Å². The van der Waals surface area contributed by atoms with Gasteiger partial charge < -0.3 is 10.6 Å². The first-order chi connectivity index (χ1) is 10.3. The molecular weight excluding hydrogens is 258 g/mol. The van der Waals surface area contributed by atoms with Gasteiger partial charge in [0.25, 0.3) is 0 Å². The van der Waals surface area contributed by atoms with Crippen molar-refractivity contribution in [2.24, 2.45) is 10.7 Å². The molecule has 1 saturated heterocycles. The predicted octanol–water partition coefficient (Wildman–Crippen LogP) is 2.79. The van der Waals surface area contributed by atoms with Crippen LogP contribution in [0.2, 0.25) is 0 Å². The lowest BCUT2D eigenvalue weighted by Crippen LogP contribution is -2.42. The summed E-state index contributed by atoms with van der Waals surface area (Å²) in [6, 6.07) is 19.2. The van der Waals surface area contributed by atoms with Gasteiger partial charge in [-0.3, -0.25) is 4.99 Å². The second kappa shape index (κ2) is 5.01. The molecule has 2 aromatic carbocycles. The van der Waals surface area contributed by atoms with Crippen LogP contribution in [0.3, 0.4) is 0 Å². The summed E-state index contributed by atoms with van der Waals surface area (Å²) in [4.78, 5) is 7.33. The number of hydrogen-bond donors (Lipinski definition) is 1. The lowest BCUT2D eigenvalue weighted by Gasteiger charge is -2.28. The molecule has 2 unspecified atom stereocenters. The Hall–Kier alpha value is -2.13. The number of anilines is 1. The highest BCUT2D eigenvalue weighted by Crippen LogP contribution is 2.34. The van der Waals surface area contributed by atoms with E-state index < -0.39 is 0 Å². The zero-order valence-corrected chi connectivity index (χ0v) is 11.9. The van der Waals surface area contributed by atoms with Crippen molar-refractivity contribution in [3.63, 3.8) is 0 Å². The van der Waals surface area contributed by atoms with Crippen LogP contribution in [-0.4, -0.2) is 24.5 Å². The quantitative estimate of drug-likeness (QED) is 0.871. The van der Waals surface area contributed by atoms with Gasteiger partial charge in [-0.15, -0.1) is 0 Å². The van der Waals surface area contributed by atoms with Crippen LogP contribution in [0.15, 0.2) is 59.6 Å². The first kappa shape index (κ1) is 12.6. The minimum atomic E-state index is -0.157. The molecule has 0 aliphatic carbocycles. The fourth-order valence-corrected chi connectivity index (χ4v) is 3.50. The molecule has 4 rings (SSSR count). The van der Waals surface area contributed by atoms with Crippen LogP contribution in [-0.2, 0) is 0 Å². The average molecular weight is 277 g/mol. The van der Waals surface area contributed by atoms with E-state index in [-0.39, 0.29) is 6.17 Å². The Morgan fingerprint density at radius 1 is 1.00 bits per heavy atom. The molecule has 1 fully saturated rings. The molecule has 106 valence electrons. The summed E-state index contributed by atoms with van der Waals surface area (Å²) < 4.78 is 0. The Morgan fingerprint density at radius 3 is 2.62 bits per heavy atom. The molecule has 2 N–H and O–H groups in total. The molecule has 3 nitrogen and oxygen atoms in total. The smallest absolute Gasteiger partial charge is 0.118 e. The molecule has 2 aliphatic rings. The SMILES string of the molecule is NC1N=C(c2ccccc2)c2ccccc2N2CCCC12. The number of para-hydroxylation sites is 1. The Bertz CT molecular complexity index is 678. The summed E-state index contributed by atoms with van der Waals surface area (Å²) in [5.74, 6) is 0. The third-order valence-corrected chi connectivity index (χ3v) is 4.49. The monoisotopic (exact) mass is 277 g/mol. The number of nitrogens with zero attached hydrogens (tertiary/aromatic N) is 2. The van der Waals surface area contributed by atoms with E-state index in [4.69, 9.17) is 10.7 Å². The van der Waals surface area contributed by atoms with Crippen LogP contribution in [0.25, 0.3) is 0 Å². The maximum atomic E-state index is 6.40. The lowest BCUT2D eigenvalue weighted by molar-refractivity contribution is 0.545. The third kappa shape index (κ3) is 2.05. The van der Waals surface area contributed by atoms with Gasteiger partial charge in [0.2, 0.25) is 0 Å². The molecule has 0 saturated carbocycles. The number of benzene rings is 2. The second-order valence-electron chi connectivity index (χ2n) is 5.75. The fraction of sp³-hybridized carbons (Fsp3) is 0.278. The maximum Gasteiger partial charge on any atom is 0.118 e. The molecule has 2 aromatic rings. The molecule has 21 heavy (non-hydrogen) atoms. The van der Waals surface area contributed by atoms with Gasteiger partial charge in [-0.25, -0.2) is 0 Å². The van der Waals surface area contributed by atoms with Gasteiger partial charge in [0.05, 0.1) is 11.8 Å². The number of aliphatic imine (C=N–C) groups is 1. The summed E-state index contributed by atoms with van der Waals surface area (Å²) in [5, 5.41) is 0. The Morgan fingerprint density at radius 2 is 1.76 bits per heavy atom. The molecule has 0 radical (unpaired) electrons. The maximum absolute atomic E-state index is 6.40. The molecule has 3 heteroatoms. The van der Waals surface area contributed by atoms with Gasteiger partial charge in [-0.05, 0) is 18.9 Å². The molecule has 0 spiro atoms. The highest BCUT2D eigenvalue weighted by atomic mass is 15.2. The Kier molecular flexibility index (Phi) is 3.00. The second-order valence-corrected chi connectivity index (χ2v) is 5.75. The first-order valence-corrected chi connectivity index (χ1v) is 7.59. The van der Waals surface area contributed by atoms with Crippen molar-refractivity contribution in [2.45, 2.75) is 25.0 Å². The van der Waals surface area contributed by atoms with E-state index in [1.165, 1.54) is 17.7 Å². The summed E-state index contributed by atoms with van der Waals surface area (Å²) in [6.45, 7) is 1.08. The normalized spacial score (nSPS) is 24.0. The predicted molar refractivity (Wildman–Crippen MR) is 86.9 cm³/mol. The van der Waals surface area contributed by atoms with Crippen LogP contribution in [0.4, 0.5) is 5.69 Å². The van der Waals surface area contributed by atoms with E-state index in [1.54, 1.807) is 0 Å². The van der Waals surface area contributed by atoms with E-state index in [0.717, 1.165) is 24.2 Å². The van der Waals surface area contributed by atoms with Gasteiger partial charge in [0.1, 0.15) is 6.17 Å². The summed E-state index contributed by atoms with van der Waals surface area (Å²) in [5.41, 5.74) is 11.0. The Balaban J connectivity index is 1.92. The number of rotatable bonds is 1. The van der Waals surface area contributed by atoms with E-state index in [9.17, 15) is 0 Å². The van der Waals surface area contributed by atoms with E-state index >= 15 is 0 Å². The van der Waals surface area contributed by atoms with Crippen molar-refractivity contribution in [1.82, 2.24) is 0 Å². The summed E-state index contributed by atoms with van der Waals surface area (Å²) in [7, 11) is 0. The van der Waals surface area contributed by atoms with Crippen molar-refractivity contribution in [1.29, 1.82) is 0 Å². The molecule has 0 bridgehead atoms. The highest BCUT2D eigenvalue weighted by Gasteiger charge is 2.34. The van der Waals surface area contributed by atoms with Gasteiger partial charge in [0, 0.05) is 23.4 Å². The van der Waals surface area contributed by atoms with Crippen molar-refractivity contribution in [3.05, 3.63) is 65.7 Å². The highest BCUT2D eigenvalue weighted by molar-refractivity contribution is 6.16. The van der Waals surface area contributed by atoms with E-state index in [0.29, 0.717) is 6.04 Å². The third-order valence-electron chi connectivity index (χ3n) is 4.49. The molecule has 2 heterocycles. The molecule has 0 aromatic heterocycles. The fourth-order valence-electron chi connectivity index (χ4n) is 3.50. The average Bonchev–Trinajstić information content (AvgIpc) is 2.99. The van der Waals surface area contributed by atoms with Crippen molar-refractivity contribution in [3.8, 4) is 0 Å². The largest absolute Gasteiger partial charge is 0.364 e. The molecule has 2 atom stereocenters. The topological polar surface area (TPSA) is 41.6 Å². The zero-order chi connectivity index (χ0) is 14.2. The van der Waals surface area contributed by atoms with E-state index in [1.807, 2.05) is 6.07 Å². The molecule has 2 aliphatic heterocycles. The van der Waals surface area contributed by atoms with Gasteiger partial charge >= 0.3 is 0 Å². The van der Waals surface area contributed by atoms with Crippen LogP contribution in [0, 0.1) is 0 Å². The van der Waals surface area contributed by atoms with Crippen LogP contribution in [0.1, 0.15) is 24.0 Å². The molecular formula is C18H19N3. The van der Waals surface area contributed by atoms with Crippen molar-refractivity contribution in [2.75, 3.05) is 11.4 Å². The zero-order valence-electron chi connectivity index (χ0n) is 11.9. The number of hydrogen-bond acceptors (Lipinski definition) is 3. The standard InChI is InChI=1S/C18H19N3/c19-18-16-11-6-12-21(16)15-10-5-4-9-14(15)17(20-18)13-7-2-1-3-8-13/h1-5,7-10,16,18H,6,11-12,19H2. The minimum Gasteiger partial charge on any atom is -0.364 e. The van der Waals surface area contributed by atoms with Crippen molar-refractivity contribution < 1.29 is 0 Å². The van der Waals surface area contributed by atoms with Crippen LogP contribution < -0.4 is 10.6 Å². The molecule has 0 amide bonds. The number of nitrogens with two attached hydrogens (primary N) is 1.